The lowest BCUT2D eigenvalue weighted by molar-refractivity contribution is 0.188. The first-order valence-electron chi connectivity index (χ1n) is 5.44. The molecule has 0 aromatic carbocycles. The summed E-state index contributed by atoms with van der Waals surface area (Å²) in [5, 5.41) is 12.8. The molecule has 0 aromatic rings. The number of rotatable bonds is 3. The van der Waals surface area contributed by atoms with Crippen molar-refractivity contribution in [3.8, 4) is 0 Å². The summed E-state index contributed by atoms with van der Waals surface area (Å²) in [5.74, 6) is -0.842. The Morgan fingerprint density at radius 3 is 2.75 bits per heavy atom. The van der Waals surface area contributed by atoms with Crippen LogP contribution in [0.5, 0.6) is 0 Å². The van der Waals surface area contributed by atoms with Crippen molar-refractivity contribution in [2.24, 2.45) is 0 Å². The van der Waals surface area contributed by atoms with E-state index in [2.05, 4.69) is 5.32 Å². The highest BCUT2D eigenvalue weighted by molar-refractivity contribution is 5.32. The third-order valence-electron chi connectivity index (χ3n) is 2.38. The van der Waals surface area contributed by atoms with Gasteiger partial charge in [-0.15, -0.1) is 0 Å². The molecule has 1 unspecified atom stereocenters. The minimum Gasteiger partial charge on any atom is -0.387 e. The first-order valence-corrected chi connectivity index (χ1v) is 5.44. The molecule has 0 saturated heterocycles. The molecular formula is C12H19F2NO. The Balaban J connectivity index is 2.63. The number of halogens is 2. The molecule has 0 fully saturated rings. The van der Waals surface area contributed by atoms with E-state index in [-0.39, 0.29) is 24.1 Å². The zero-order chi connectivity index (χ0) is 12.3. The van der Waals surface area contributed by atoms with E-state index in [4.69, 9.17) is 0 Å². The molecule has 0 bridgehead atoms. The van der Waals surface area contributed by atoms with Crippen molar-refractivity contribution in [2.45, 2.75) is 45.0 Å². The summed E-state index contributed by atoms with van der Waals surface area (Å²) in [7, 11) is 0. The molecule has 1 rings (SSSR count). The maximum Gasteiger partial charge on any atom is 0.155 e. The molecule has 0 amide bonds. The van der Waals surface area contributed by atoms with Crippen molar-refractivity contribution >= 4 is 0 Å². The van der Waals surface area contributed by atoms with E-state index in [0.717, 1.165) is 0 Å². The van der Waals surface area contributed by atoms with Crippen molar-refractivity contribution < 1.29 is 13.9 Å². The maximum atomic E-state index is 13.4. The first kappa shape index (κ1) is 13.3. The molecule has 2 atom stereocenters. The molecule has 0 heterocycles. The molecular weight excluding hydrogens is 212 g/mol. The fourth-order valence-corrected chi connectivity index (χ4v) is 1.46. The Bertz CT molecular complexity index is 305. The minimum atomic E-state index is -1.61. The normalized spacial score (nSPS) is 23.8. The summed E-state index contributed by atoms with van der Waals surface area (Å²) in [6.07, 6.45) is 0.441. The smallest absolute Gasteiger partial charge is 0.155 e. The molecule has 0 aliphatic heterocycles. The van der Waals surface area contributed by atoms with E-state index in [9.17, 15) is 13.9 Å². The number of alkyl halides is 1. The zero-order valence-corrected chi connectivity index (χ0v) is 9.93. The summed E-state index contributed by atoms with van der Waals surface area (Å²) in [6.45, 7) is 6.04. The van der Waals surface area contributed by atoms with Gasteiger partial charge >= 0.3 is 0 Å². The van der Waals surface area contributed by atoms with Crippen LogP contribution in [-0.2, 0) is 0 Å². The van der Waals surface area contributed by atoms with Gasteiger partial charge in [-0.25, -0.2) is 8.78 Å². The predicted molar refractivity (Wildman–Crippen MR) is 60.5 cm³/mol. The van der Waals surface area contributed by atoms with Gasteiger partial charge in [0.1, 0.15) is 5.83 Å². The van der Waals surface area contributed by atoms with Gasteiger partial charge in [0.05, 0.1) is 6.10 Å². The lowest BCUT2D eigenvalue weighted by Crippen LogP contribution is -2.41. The Morgan fingerprint density at radius 1 is 1.56 bits per heavy atom. The van der Waals surface area contributed by atoms with Gasteiger partial charge in [-0.3, -0.25) is 0 Å². The summed E-state index contributed by atoms with van der Waals surface area (Å²) < 4.78 is 26.4. The standard InChI is InChI=1S/C12H19F2NO/c1-12(2,3)15-7-10(16)8-5-4-6-9(13)11(8)14/h4-5,9-10,15-16H,6-7H2,1-3H3/t9?,10-/m0/s1. The third kappa shape index (κ3) is 3.68. The molecule has 2 nitrogen and oxygen atoms in total. The van der Waals surface area contributed by atoms with Gasteiger partial charge in [-0.1, -0.05) is 12.2 Å². The largest absolute Gasteiger partial charge is 0.387 e. The monoisotopic (exact) mass is 231 g/mol. The molecule has 0 spiro atoms. The van der Waals surface area contributed by atoms with Crippen LogP contribution in [0.3, 0.4) is 0 Å². The van der Waals surface area contributed by atoms with Crippen LogP contribution in [-0.4, -0.2) is 29.5 Å². The Kier molecular flexibility index (Phi) is 4.21. The molecule has 1 aliphatic carbocycles. The molecule has 0 saturated carbocycles. The summed E-state index contributed by atoms with van der Waals surface area (Å²) in [4.78, 5) is 0. The quantitative estimate of drug-likeness (QED) is 0.781. The highest BCUT2D eigenvalue weighted by Gasteiger charge is 2.24. The van der Waals surface area contributed by atoms with Gasteiger partial charge in [0.15, 0.2) is 6.17 Å². The lowest BCUT2D eigenvalue weighted by Gasteiger charge is -2.24. The number of aliphatic hydroxyl groups excluding tert-OH is 1. The van der Waals surface area contributed by atoms with Crippen LogP contribution < -0.4 is 5.32 Å². The molecule has 1 aliphatic rings. The second-order valence-corrected chi connectivity index (χ2v) is 5.06. The van der Waals surface area contributed by atoms with Crippen LogP contribution in [0.2, 0.25) is 0 Å². The summed E-state index contributed by atoms with van der Waals surface area (Å²) in [6, 6.07) is 0. The number of hydrogen-bond acceptors (Lipinski definition) is 2. The van der Waals surface area contributed by atoms with Gasteiger partial charge in [0.25, 0.3) is 0 Å². The SMILES string of the molecule is CC(C)(C)NC[C@H](O)C1=C(F)C(F)CC=C1. The first-order chi connectivity index (χ1) is 7.31. The van der Waals surface area contributed by atoms with Crippen LogP contribution in [0.25, 0.3) is 0 Å². The zero-order valence-electron chi connectivity index (χ0n) is 9.93. The van der Waals surface area contributed by atoms with Crippen LogP contribution >= 0.6 is 0 Å². The van der Waals surface area contributed by atoms with Crippen molar-refractivity contribution in [3.63, 3.8) is 0 Å². The fourth-order valence-electron chi connectivity index (χ4n) is 1.46. The maximum absolute atomic E-state index is 13.4. The van der Waals surface area contributed by atoms with E-state index in [1.807, 2.05) is 20.8 Å². The average Bonchev–Trinajstić information content (AvgIpc) is 2.17. The van der Waals surface area contributed by atoms with Gasteiger partial charge in [0, 0.05) is 24.1 Å². The van der Waals surface area contributed by atoms with Gasteiger partial charge in [-0.05, 0) is 20.8 Å². The summed E-state index contributed by atoms with van der Waals surface area (Å²) >= 11 is 0. The molecule has 92 valence electrons. The molecule has 2 N–H and O–H groups in total. The number of aliphatic hydroxyl groups is 1. The third-order valence-corrected chi connectivity index (χ3v) is 2.38. The van der Waals surface area contributed by atoms with Crippen molar-refractivity contribution in [3.05, 3.63) is 23.6 Å². The highest BCUT2D eigenvalue weighted by Crippen LogP contribution is 2.25. The Labute approximate surface area is 95.0 Å². The number of nitrogens with one attached hydrogen (secondary N) is 1. The Hall–Kier alpha value is -0.740. The molecule has 4 heteroatoms. The Morgan fingerprint density at radius 2 is 2.19 bits per heavy atom. The molecule has 16 heavy (non-hydrogen) atoms. The van der Waals surface area contributed by atoms with Crippen molar-refractivity contribution in [2.75, 3.05) is 6.54 Å². The number of hydrogen-bond donors (Lipinski definition) is 2. The van der Waals surface area contributed by atoms with Crippen LogP contribution in [0.4, 0.5) is 8.78 Å². The predicted octanol–water partition coefficient (Wildman–Crippen LogP) is 2.26. The van der Waals surface area contributed by atoms with Crippen molar-refractivity contribution in [1.29, 1.82) is 0 Å². The van der Waals surface area contributed by atoms with E-state index in [1.165, 1.54) is 6.08 Å². The second kappa shape index (κ2) is 5.06. The molecule has 0 aromatic heterocycles. The minimum absolute atomic E-state index is 0.0503. The van der Waals surface area contributed by atoms with Gasteiger partial charge in [0.2, 0.25) is 0 Å². The van der Waals surface area contributed by atoms with Gasteiger partial charge < -0.3 is 10.4 Å². The summed E-state index contributed by atoms with van der Waals surface area (Å²) in [5.41, 5.74) is -0.110. The molecule has 0 radical (unpaired) electrons. The van der Waals surface area contributed by atoms with Gasteiger partial charge in [-0.2, -0.15) is 0 Å². The van der Waals surface area contributed by atoms with E-state index >= 15 is 0 Å². The van der Waals surface area contributed by atoms with Crippen molar-refractivity contribution in [1.82, 2.24) is 5.32 Å². The van der Waals surface area contributed by atoms with E-state index in [0.29, 0.717) is 0 Å². The van der Waals surface area contributed by atoms with Crippen LogP contribution in [0.15, 0.2) is 23.6 Å². The van der Waals surface area contributed by atoms with Crippen LogP contribution in [0.1, 0.15) is 27.2 Å². The number of β-amino-alcohol motifs (C(OH)–C–C–N with tert-alkyl or cyclic N) is 1. The topological polar surface area (TPSA) is 32.3 Å². The fraction of sp³-hybridized carbons (Fsp3) is 0.667. The van der Waals surface area contributed by atoms with E-state index in [1.54, 1.807) is 6.08 Å². The lowest BCUT2D eigenvalue weighted by atomic mass is 9.99. The van der Waals surface area contributed by atoms with E-state index < -0.39 is 18.1 Å². The second-order valence-electron chi connectivity index (χ2n) is 5.06. The average molecular weight is 231 g/mol. The highest BCUT2D eigenvalue weighted by atomic mass is 19.2. The van der Waals surface area contributed by atoms with Crippen LogP contribution in [0, 0.1) is 0 Å². The number of allylic oxidation sites excluding steroid dienone is 2.